The maximum atomic E-state index is 11.9. The SMILES string of the molecule is O=C1OCCN1c1cccc2c1CCN(c1ccc([N+](=O)[O-])cn1)C2. The number of pyridine rings is 1. The van der Waals surface area contributed by atoms with Crippen molar-refractivity contribution in [3.05, 3.63) is 57.8 Å². The van der Waals surface area contributed by atoms with Crippen molar-refractivity contribution in [2.24, 2.45) is 0 Å². The van der Waals surface area contributed by atoms with Crippen LogP contribution in [-0.2, 0) is 17.7 Å². The number of amides is 1. The molecule has 0 spiro atoms. The fourth-order valence-electron chi connectivity index (χ4n) is 3.32. The summed E-state index contributed by atoms with van der Waals surface area (Å²) in [5.41, 5.74) is 3.18. The van der Waals surface area contributed by atoms with Gasteiger partial charge in [-0.1, -0.05) is 12.1 Å². The largest absolute Gasteiger partial charge is 0.447 e. The Hall–Kier alpha value is -3.16. The number of nitro groups is 1. The van der Waals surface area contributed by atoms with E-state index in [1.54, 1.807) is 11.0 Å². The van der Waals surface area contributed by atoms with Crippen LogP contribution < -0.4 is 9.80 Å². The highest BCUT2D eigenvalue weighted by molar-refractivity contribution is 5.90. The van der Waals surface area contributed by atoms with Gasteiger partial charge in [0.1, 0.15) is 18.6 Å². The molecule has 0 bridgehead atoms. The summed E-state index contributed by atoms with van der Waals surface area (Å²) in [5, 5.41) is 10.8. The lowest BCUT2D eigenvalue weighted by Crippen LogP contribution is -2.33. The molecule has 3 heterocycles. The second-order valence-corrected chi connectivity index (χ2v) is 5.98. The first-order valence-corrected chi connectivity index (χ1v) is 8.04. The van der Waals surface area contributed by atoms with Crippen molar-refractivity contribution in [3.63, 3.8) is 0 Å². The van der Waals surface area contributed by atoms with Crippen molar-refractivity contribution in [2.75, 3.05) is 29.5 Å². The second kappa shape index (κ2) is 6.04. The molecule has 1 fully saturated rings. The number of aromatic nitrogens is 1. The van der Waals surface area contributed by atoms with Gasteiger partial charge >= 0.3 is 6.09 Å². The number of carbonyl (C=O) groups excluding carboxylic acids is 1. The van der Waals surface area contributed by atoms with Crippen molar-refractivity contribution in [2.45, 2.75) is 13.0 Å². The summed E-state index contributed by atoms with van der Waals surface area (Å²) >= 11 is 0. The van der Waals surface area contributed by atoms with Crippen molar-refractivity contribution >= 4 is 23.3 Å². The fourth-order valence-corrected chi connectivity index (χ4v) is 3.32. The molecule has 1 saturated heterocycles. The quantitative estimate of drug-likeness (QED) is 0.630. The molecule has 0 N–H and O–H groups in total. The normalized spacial score (nSPS) is 16.6. The zero-order chi connectivity index (χ0) is 17.4. The van der Waals surface area contributed by atoms with E-state index < -0.39 is 4.92 Å². The zero-order valence-corrected chi connectivity index (χ0v) is 13.4. The van der Waals surface area contributed by atoms with Gasteiger partial charge in [0.05, 0.1) is 17.2 Å². The summed E-state index contributed by atoms with van der Waals surface area (Å²) in [6.07, 6.45) is 1.75. The summed E-state index contributed by atoms with van der Waals surface area (Å²) in [5.74, 6) is 0.710. The number of fused-ring (bicyclic) bond motifs is 1. The number of hydrogen-bond donors (Lipinski definition) is 0. The smallest absolute Gasteiger partial charge is 0.414 e. The van der Waals surface area contributed by atoms with E-state index in [1.807, 2.05) is 18.2 Å². The molecule has 8 nitrogen and oxygen atoms in total. The number of hydrogen-bond acceptors (Lipinski definition) is 6. The van der Waals surface area contributed by atoms with Gasteiger partial charge in [0.2, 0.25) is 0 Å². The molecule has 1 aromatic carbocycles. The number of ether oxygens (including phenoxy) is 1. The number of carbonyl (C=O) groups is 1. The van der Waals surface area contributed by atoms with E-state index >= 15 is 0 Å². The topological polar surface area (TPSA) is 88.8 Å². The summed E-state index contributed by atoms with van der Waals surface area (Å²) in [6.45, 7) is 2.37. The lowest BCUT2D eigenvalue weighted by Gasteiger charge is -2.32. The molecule has 2 aromatic rings. The Kier molecular flexibility index (Phi) is 3.72. The van der Waals surface area contributed by atoms with Crippen LogP contribution >= 0.6 is 0 Å². The standard InChI is InChI=1S/C17H16N4O4/c22-17-20(8-9-25-17)15-3-1-2-12-11-19(7-6-14(12)15)16-5-4-13(10-18-16)21(23)24/h1-5,10H,6-9,11H2. The average Bonchev–Trinajstić information content (AvgIpc) is 3.06. The van der Waals surface area contributed by atoms with E-state index in [2.05, 4.69) is 9.88 Å². The molecule has 128 valence electrons. The lowest BCUT2D eigenvalue weighted by atomic mass is 9.97. The van der Waals surface area contributed by atoms with E-state index in [1.165, 1.54) is 12.3 Å². The van der Waals surface area contributed by atoms with E-state index in [-0.39, 0.29) is 11.8 Å². The van der Waals surface area contributed by atoms with E-state index in [9.17, 15) is 14.9 Å². The van der Waals surface area contributed by atoms with Crippen LogP contribution in [0.2, 0.25) is 0 Å². The lowest BCUT2D eigenvalue weighted by molar-refractivity contribution is -0.385. The molecule has 2 aliphatic heterocycles. The minimum Gasteiger partial charge on any atom is -0.447 e. The maximum Gasteiger partial charge on any atom is 0.414 e. The Morgan fingerprint density at radius 2 is 2.08 bits per heavy atom. The minimum atomic E-state index is -0.455. The highest BCUT2D eigenvalue weighted by Crippen LogP contribution is 2.32. The zero-order valence-electron chi connectivity index (χ0n) is 13.4. The Bertz CT molecular complexity index is 837. The molecule has 4 rings (SSSR count). The van der Waals surface area contributed by atoms with Crippen LogP contribution in [0, 0.1) is 10.1 Å². The third-order valence-electron chi connectivity index (χ3n) is 4.56. The Balaban J connectivity index is 1.59. The summed E-state index contributed by atoms with van der Waals surface area (Å²) in [4.78, 5) is 30.1. The van der Waals surface area contributed by atoms with Gasteiger partial charge in [-0.05, 0) is 29.7 Å². The molecular formula is C17H16N4O4. The van der Waals surface area contributed by atoms with Gasteiger partial charge in [-0.2, -0.15) is 0 Å². The van der Waals surface area contributed by atoms with Crippen LogP contribution in [0.1, 0.15) is 11.1 Å². The summed E-state index contributed by atoms with van der Waals surface area (Å²) in [6, 6.07) is 9.06. The van der Waals surface area contributed by atoms with Gasteiger partial charge in [-0.3, -0.25) is 15.0 Å². The van der Waals surface area contributed by atoms with Crippen molar-refractivity contribution in [3.8, 4) is 0 Å². The molecule has 0 unspecified atom stereocenters. The summed E-state index contributed by atoms with van der Waals surface area (Å²) in [7, 11) is 0. The Morgan fingerprint density at radius 1 is 1.20 bits per heavy atom. The van der Waals surface area contributed by atoms with Crippen LogP contribution in [0.25, 0.3) is 0 Å². The summed E-state index contributed by atoms with van der Waals surface area (Å²) < 4.78 is 5.04. The fraction of sp³-hybridized carbons (Fsp3) is 0.294. The number of benzene rings is 1. The van der Waals surface area contributed by atoms with E-state index in [4.69, 9.17) is 4.74 Å². The highest BCUT2D eigenvalue weighted by Gasteiger charge is 2.28. The van der Waals surface area contributed by atoms with Gasteiger partial charge in [-0.25, -0.2) is 9.78 Å². The monoisotopic (exact) mass is 340 g/mol. The molecule has 0 atom stereocenters. The Morgan fingerprint density at radius 3 is 2.76 bits per heavy atom. The molecule has 25 heavy (non-hydrogen) atoms. The molecule has 1 amide bonds. The third kappa shape index (κ3) is 2.75. The van der Waals surface area contributed by atoms with Gasteiger partial charge in [0, 0.05) is 19.2 Å². The maximum absolute atomic E-state index is 11.9. The highest BCUT2D eigenvalue weighted by atomic mass is 16.6. The number of nitrogens with zero attached hydrogens (tertiary/aromatic N) is 4. The van der Waals surface area contributed by atoms with Crippen LogP contribution in [0.4, 0.5) is 22.0 Å². The van der Waals surface area contributed by atoms with E-state index in [0.717, 1.165) is 29.8 Å². The second-order valence-electron chi connectivity index (χ2n) is 5.98. The minimum absolute atomic E-state index is 0.0176. The Labute approximate surface area is 143 Å². The van der Waals surface area contributed by atoms with Gasteiger partial charge in [0.25, 0.3) is 5.69 Å². The molecule has 1 aromatic heterocycles. The van der Waals surface area contributed by atoms with E-state index in [0.29, 0.717) is 25.5 Å². The molecular weight excluding hydrogens is 324 g/mol. The number of cyclic esters (lactones) is 1. The average molecular weight is 340 g/mol. The number of anilines is 2. The van der Waals surface area contributed by atoms with Crippen molar-refractivity contribution in [1.29, 1.82) is 0 Å². The molecule has 8 heteroatoms. The molecule has 0 radical (unpaired) electrons. The predicted octanol–water partition coefficient (Wildman–Crippen LogP) is 2.51. The first-order valence-electron chi connectivity index (χ1n) is 8.04. The predicted molar refractivity (Wildman–Crippen MR) is 90.8 cm³/mol. The number of rotatable bonds is 3. The van der Waals surface area contributed by atoms with Gasteiger partial charge in [0.15, 0.2) is 0 Å². The molecule has 2 aliphatic rings. The van der Waals surface area contributed by atoms with Crippen LogP contribution in [0.3, 0.4) is 0 Å². The molecule has 0 saturated carbocycles. The van der Waals surface area contributed by atoms with Crippen molar-refractivity contribution in [1.82, 2.24) is 4.98 Å². The van der Waals surface area contributed by atoms with Gasteiger partial charge < -0.3 is 9.64 Å². The van der Waals surface area contributed by atoms with Crippen molar-refractivity contribution < 1.29 is 14.5 Å². The first kappa shape index (κ1) is 15.4. The van der Waals surface area contributed by atoms with Crippen LogP contribution in [-0.4, -0.2) is 35.7 Å². The first-order chi connectivity index (χ1) is 12.1. The molecule has 0 aliphatic carbocycles. The third-order valence-corrected chi connectivity index (χ3v) is 4.56. The van der Waals surface area contributed by atoms with Crippen LogP contribution in [0.5, 0.6) is 0 Å². The van der Waals surface area contributed by atoms with Gasteiger partial charge in [-0.15, -0.1) is 0 Å². The van der Waals surface area contributed by atoms with Crippen LogP contribution in [0.15, 0.2) is 36.5 Å².